The molecule has 2 amide bonds. The van der Waals surface area contributed by atoms with Crippen molar-refractivity contribution in [2.45, 2.75) is 19.5 Å². The Morgan fingerprint density at radius 1 is 1.08 bits per heavy atom. The molecule has 1 aromatic carbocycles. The van der Waals surface area contributed by atoms with Gasteiger partial charge in [0.25, 0.3) is 5.91 Å². The molecule has 0 unspecified atom stereocenters. The number of aryl methyl sites for hydroxylation is 1. The van der Waals surface area contributed by atoms with Crippen LogP contribution in [0, 0.1) is 0 Å². The van der Waals surface area contributed by atoms with Gasteiger partial charge in [-0.15, -0.1) is 0 Å². The summed E-state index contributed by atoms with van der Waals surface area (Å²) in [4.78, 5) is 35.2. The molecule has 11 heteroatoms. The third-order valence-corrected chi connectivity index (χ3v) is 5.87. The van der Waals surface area contributed by atoms with Gasteiger partial charge in [0.1, 0.15) is 17.2 Å². The summed E-state index contributed by atoms with van der Waals surface area (Å²) in [5, 5.41) is 2.49. The van der Waals surface area contributed by atoms with Crippen LogP contribution in [0.2, 0.25) is 0 Å². The smallest absolute Gasteiger partial charge is 0.412 e. The molecular formula is C25H21F2N5O4. The molecule has 0 aliphatic carbocycles. The number of carbonyl (C=O) groups is 2. The zero-order valence-electron chi connectivity index (χ0n) is 19.1. The second-order valence-electron chi connectivity index (χ2n) is 8.07. The van der Waals surface area contributed by atoms with Gasteiger partial charge in [-0.25, -0.2) is 14.8 Å². The molecule has 4 heterocycles. The number of amides is 2. The van der Waals surface area contributed by atoms with E-state index in [1.54, 1.807) is 64.3 Å². The van der Waals surface area contributed by atoms with Crippen molar-refractivity contribution in [2.75, 3.05) is 23.9 Å². The Morgan fingerprint density at radius 3 is 2.69 bits per heavy atom. The van der Waals surface area contributed by atoms with E-state index in [9.17, 15) is 18.4 Å². The quantitative estimate of drug-likeness (QED) is 0.430. The van der Waals surface area contributed by atoms with E-state index in [0.29, 0.717) is 47.8 Å². The van der Waals surface area contributed by atoms with Gasteiger partial charge in [-0.05, 0) is 60.9 Å². The third-order valence-electron chi connectivity index (χ3n) is 5.87. The lowest BCUT2D eigenvalue weighted by molar-refractivity contribution is -0.0498. The Labute approximate surface area is 204 Å². The van der Waals surface area contributed by atoms with Crippen LogP contribution in [-0.4, -0.2) is 46.6 Å². The van der Waals surface area contributed by atoms with E-state index in [-0.39, 0.29) is 11.7 Å². The summed E-state index contributed by atoms with van der Waals surface area (Å²) in [6.07, 6.45) is 5.72. The number of nitrogens with one attached hydrogen (secondary N) is 1. The molecule has 0 spiro atoms. The van der Waals surface area contributed by atoms with Crippen LogP contribution < -0.4 is 15.0 Å². The first-order valence-electron chi connectivity index (χ1n) is 11.1. The van der Waals surface area contributed by atoms with Crippen LogP contribution in [0.5, 0.6) is 5.75 Å². The molecule has 0 saturated heterocycles. The van der Waals surface area contributed by atoms with Crippen molar-refractivity contribution in [2.24, 2.45) is 0 Å². The van der Waals surface area contributed by atoms with Crippen molar-refractivity contribution in [3.8, 4) is 17.0 Å². The van der Waals surface area contributed by atoms with Crippen molar-refractivity contribution in [1.82, 2.24) is 14.4 Å². The lowest BCUT2D eigenvalue weighted by Crippen LogP contribution is -2.35. The maximum Gasteiger partial charge on any atom is 0.412 e. The zero-order valence-corrected chi connectivity index (χ0v) is 19.1. The number of hydrogen-bond donors (Lipinski definition) is 1. The summed E-state index contributed by atoms with van der Waals surface area (Å²) in [6.45, 7) is -2.40. The van der Waals surface area contributed by atoms with E-state index >= 15 is 0 Å². The highest BCUT2D eigenvalue weighted by Gasteiger charge is 2.25. The molecule has 0 saturated carbocycles. The molecule has 36 heavy (non-hydrogen) atoms. The lowest BCUT2D eigenvalue weighted by atomic mass is 10.0. The summed E-state index contributed by atoms with van der Waals surface area (Å²) in [5.41, 5.74) is 3.99. The molecule has 184 valence electrons. The molecular weight excluding hydrogens is 472 g/mol. The number of anilines is 2. The fourth-order valence-electron chi connectivity index (χ4n) is 4.21. The number of alkyl halides is 2. The van der Waals surface area contributed by atoms with E-state index in [1.165, 1.54) is 13.2 Å². The normalized spacial score (nSPS) is 12.9. The first-order chi connectivity index (χ1) is 17.4. The first kappa shape index (κ1) is 23.2. The topological polar surface area (TPSA) is 98.1 Å². The maximum atomic E-state index is 13.5. The molecule has 3 aromatic heterocycles. The number of halogens is 2. The Bertz CT molecular complexity index is 1440. The Hall–Kier alpha value is -4.54. The van der Waals surface area contributed by atoms with Crippen LogP contribution in [0.25, 0.3) is 16.9 Å². The number of carbonyl (C=O) groups excluding carboxylic acids is 2. The number of pyridine rings is 2. The number of nitrogens with zero attached hydrogens (tertiary/aromatic N) is 4. The summed E-state index contributed by atoms with van der Waals surface area (Å²) in [5.74, 6) is 0.195. The predicted octanol–water partition coefficient (Wildman–Crippen LogP) is 4.77. The number of aromatic nitrogens is 3. The molecule has 1 N–H and O–H groups in total. The van der Waals surface area contributed by atoms with Gasteiger partial charge >= 0.3 is 12.7 Å². The molecule has 0 radical (unpaired) electrons. The number of methoxy groups -OCH3 is 1. The Morgan fingerprint density at radius 2 is 1.94 bits per heavy atom. The van der Waals surface area contributed by atoms with E-state index < -0.39 is 12.7 Å². The SMILES string of the molecule is COC(=O)Nc1ccc(-c2cnc3ccc(C(=O)N4CCCc5cc(OC(F)F)ccc54)cn23)cn1. The van der Waals surface area contributed by atoms with E-state index in [1.807, 2.05) is 0 Å². The highest BCUT2D eigenvalue weighted by molar-refractivity contribution is 6.06. The number of imidazole rings is 1. The second-order valence-corrected chi connectivity index (χ2v) is 8.07. The minimum atomic E-state index is -2.91. The fourth-order valence-corrected chi connectivity index (χ4v) is 4.21. The molecule has 5 rings (SSSR count). The number of rotatable bonds is 5. The van der Waals surface area contributed by atoms with Gasteiger partial charge in [0, 0.05) is 30.2 Å². The highest BCUT2D eigenvalue weighted by atomic mass is 19.3. The van der Waals surface area contributed by atoms with Crippen LogP contribution in [-0.2, 0) is 11.2 Å². The third kappa shape index (κ3) is 4.54. The Balaban J connectivity index is 1.43. The van der Waals surface area contributed by atoms with Crippen LogP contribution in [0.15, 0.2) is 61.1 Å². The number of ether oxygens (including phenoxy) is 2. The molecule has 0 atom stereocenters. The van der Waals surface area contributed by atoms with Crippen molar-refractivity contribution < 1.29 is 27.8 Å². The molecule has 4 aromatic rings. The molecule has 1 aliphatic heterocycles. The highest BCUT2D eigenvalue weighted by Crippen LogP contribution is 2.32. The van der Waals surface area contributed by atoms with Crippen LogP contribution in [0.4, 0.5) is 25.1 Å². The monoisotopic (exact) mass is 493 g/mol. The Kier molecular flexibility index (Phi) is 6.19. The average Bonchev–Trinajstić information content (AvgIpc) is 3.31. The molecule has 0 fully saturated rings. The summed E-state index contributed by atoms with van der Waals surface area (Å²) < 4.78 is 36.1. The summed E-state index contributed by atoms with van der Waals surface area (Å²) in [6, 6.07) is 11.5. The van der Waals surface area contributed by atoms with E-state index in [2.05, 4.69) is 24.8 Å². The van der Waals surface area contributed by atoms with Gasteiger partial charge < -0.3 is 14.4 Å². The average molecular weight is 493 g/mol. The number of fused-ring (bicyclic) bond motifs is 2. The van der Waals surface area contributed by atoms with Crippen molar-refractivity contribution in [3.63, 3.8) is 0 Å². The minimum absolute atomic E-state index is 0.0731. The summed E-state index contributed by atoms with van der Waals surface area (Å²) in [7, 11) is 1.27. The van der Waals surface area contributed by atoms with Crippen molar-refractivity contribution in [3.05, 3.63) is 72.2 Å². The second kappa shape index (κ2) is 9.61. The standard InChI is InChI=1S/C25H21F2N5O4/c1-35-25(34)30-21-8-4-16(12-28-21)20-13-29-22-9-5-17(14-32(20)22)23(33)31-10-2-3-15-11-18(36-24(26)27)6-7-19(15)31/h4-9,11-14,24H,2-3,10H2,1H3,(H,28,30,34). The maximum absolute atomic E-state index is 13.5. The van der Waals surface area contributed by atoms with Gasteiger partial charge in [0.2, 0.25) is 0 Å². The van der Waals surface area contributed by atoms with Gasteiger partial charge in [0.05, 0.1) is 24.6 Å². The van der Waals surface area contributed by atoms with E-state index in [0.717, 1.165) is 11.1 Å². The molecule has 1 aliphatic rings. The minimum Gasteiger partial charge on any atom is -0.453 e. The van der Waals surface area contributed by atoms with Crippen molar-refractivity contribution in [1.29, 1.82) is 0 Å². The number of benzene rings is 1. The zero-order chi connectivity index (χ0) is 25.2. The van der Waals surface area contributed by atoms with Gasteiger partial charge in [-0.3, -0.25) is 14.5 Å². The van der Waals surface area contributed by atoms with Crippen molar-refractivity contribution >= 4 is 29.2 Å². The first-order valence-corrected chi connectivity index (χ1v) is 11.1. The molecule has 9 nitrogen and oxygen atoms in total. The predicted molar refractivity (Wildman–Crippen MR) is 128 cm³/mol. The van der Waals surface area contributed by atoms with Gasteiger partial charge in [0.15, 0.2) is 0 Å². The fraction of sp³-hybridized carbons (Fsp3) is 0.200. The van der Waals surface area contributed by atoms with Gasteiger partial charge in [-0.1, -0.05) is 0 Å². The summed E-state index contributed by atoms with van der Waals surface area (Å²) >= 11 is 0. The van der Waals surface area contributed by atoms with E-state index in [4.69, 9.17) is 0 Å². The number of hydrogen-bond acceptors (Lipinski definition) is 6. The van der Waals surface area contributed by atoms with Crippen LogP contribution >= 0.6 is 0 Å². The van der Waals surface area contributed by atoms with Gasteiger partial charge in [-0.2, -0.15) is 8.78 Å². The van der Waals surface area contributed by atoms with Crippen LogP contribution in [0.3, 0.4) is 0 Å². The lowest BCUT2D eigenvalue weighted by Gasteiger charge is -2.30. The van der Waals surface area contributed by atoms with Crippen LogP contribution in [0.1, 0.15) is 22.3 Å². The molecule has 0 bridgehead atoms. The largest absolute Gasteiger partial charge is 0.453 e.